The number of nitrogens with zero attached hydrogens (tertiary/aromatic N) is 7. The van der Waals surface area contributed by atoms with Crippen LogP contribution < -0.4 is 20.1 Å². The third-order valence-electron chi connectivity index (χ3n) is 7.19. The Morgan fingerprint density at radius 1 is 1.16 bits per heavy atom. The van der Waals surface area contributed by atoms with E-state index in [1.165, 1.54) is 18.2 Å². The van der Waals surface area contributed by atoms with Crippen molar-refractivity contribution >= 4 is 17.2 Å². The maximum absolute atomic E-state index is 11.2. The lowest BCUT2D eigenvalue weighted by molar-refractivity contribution is -0.119. The Bertz CT molecular complexity index is 1520. The van der Waals surface area contributed by atoms with E-state index in [0.717, 1.165) is 36.6 Å². The highest BCUT2D eigenvalue weighted by molar-refractivity contribution is 5.85. The Balaban J connectivity index is 1.19. The lowest BCUT2D eigenvalue weighted by atomic mass is 9.87. The van der Waals surface area contributed by atoms with Gasteiger partial charge >= 0.3 is 0 Å². The van der Waals surface area contributed by atoms with E-state index < -0.39 is 5.91 Å². The summed E-state index contributed by atoms with van der Waals surface area (Å²) in [5.74, 6) is 1.39. The first-order valence-electron chi connectivity index (χ1n) is 12.3. The van der Waals surface area contributed by atoms with E-state index in [2.05, 4.69) is 32.0 Å². The highest BCUT2D eigenvalue weighted by Gasteiger charge is 2.44. The van der Waals surface area contributed by atoms with Crippen LogP contribution in [0.15, 0.2) is 55.1 Å². The van der Waals surface area contributed by atoms with Crippen molar-refractivity contribution in [2.45, 2.75) is 25.0 Å². The summed E-state index contributed by atoms with van der Waals surface area (Å²) >= 11 is 0. The number of amides is 1. The average molecular weight is 511 g/mol. The van der Waals surface area contributed by atoms with Crippen LogP contribution in [0.2, 0.25) is 0 Å². The van der Waals surface area contributed by atoms with Crippen molar-refractivity contribution in [2.24, 2.45) is 5.73 Å². The van der Waals surface area contributed by atoms with Crippen LogP contribution in [0.4, 0.5) is 5.82 Å². The van der Waals surface area contributed by atoms with Crippen molar-refractivity contribution < 1.29 is 14.3 Å². The zero-order valence-corrected chi connectivity index (χ0v) is 20.8. The Morgan fingerprint density at radius 3 is 2.66 bits per heavy atom. The molecule has 7 heterocycles. The fraction of sp³-hybridized carbons (Fsp3) is 0.296. The molecule has 11 nitrogen and oxygen atoms in total. The van der Waals surface area contributed by atoms with E-state index in [0.29, 0.717) is 34.8 Å². The second kappa shape index (κ2) is 9.64. The number of fused-ring (bicyclic) bond motifs is 3. The summed E-state index contributed by atoms with van der Waals surface area (Å²) in [6.07, 6.45) is 8.00. The molecule has 2 N–H and O–H groups in total. The molecular weight excluding hydrogens is 484 g/mol. The van der Waals surface area contributed by atoms with Gasteiger partial charge in [0.25, 0.3) is 5.91 Å². The SMILES string of the molecule is COc1ccc(CN2C3CC2CN(c2ccc(-c4cc(OCC(N)=O)cn5ncc(C#N)c45)cn2)C3)cn1. The topological polar surface area (TPSA) is 135 Å². The predicted molar refractivity (Wildman–Crippen MR) is 139 cm³/mol. The summed E-state index contributed by atoms with van der Waals surface area (Å²) in [5, 5.41) is 13.9. The number of primary amides is 1. The fourth-order valence-corrected chi connectivity index (χ4v) is 5.33. The normalized spacial score (nSPS) is 18.6. The van der Waals surface area contributed by atoms with E-state index in [-0.39, 0.29) is 6.61 Å². The first kappa shape index (κ1) is 23.7. The van der Waals surface area contributed by atoms with Crippen LogP contribution in [-0.2, 0) is 11.3 Å². The average Bonchev–Trinajstić information content (AvgIpc) is 3.38. The van der Waals surface area contributed by atoms with Crippen molar-refractivity contribution in [3.8, 4) is 28.8 Å². The van der Waals surface area contributed by atoms with Gasteiger partial charge in [0.05, 0.1) is 30.6 Å². The monoisotopic (exact) mass is 510 g/mol. The summed E-state index contributed by atoms with van der Waals surface area (Å²) in [6, 6.07) is 12.9. The van der Waals surface area contributed by atoms with E-state index in [9.17, 15) is 10.1 Å². The smallest absolute Gasteiger partial charge is 0.255 e. The van der Waals surface area contributed by atoms with Gasteiger partial charge in [-0.15, -0.1) is 0 Å². The number of methoxy groups -OCH3 is 1. The predicted octanol–water partition coefficient (Wildman–Crippen LogP) is 2.00. The summed E-state index contributed by atoms with van der Waals surface area (Å²) in [6.45, 7) is 2.45. The zero-order chi connectivity index (χ0) is 26.2. The number of hydrogen-bond donors (Lipinski definition) is 1. The minimum absolute atomic E-state index is 0.252. The molecule has 1 amide bonds. The van der Waals surface area contributed by atoms with Crippen LogP contribution in [0.25, 0.3) is 16.6 Å². The number of pyridine rings is 3. The van der Waals surface area contributed by atoms with Crippen molar-refractivity contribution in [3.05, 3.63) is 66.2 Å². The first-order chi connectivity index (χ1) is 18.5. The second-order valence-corrected chi connectivity index (χ2v) is 9.54. The van der Waals surface area contributed by atoms with Crippen molar-refractivity contribution in [1.29, 1.82) is 5.26 Å². The molecule has 0 radical (unpaired) electrons. The molecule has 3 fully saturated rings. The summed E-state index contributed by atoms with van der Waals surface area (Å²) < 4.78 is 12.3. The first-order valence-corrected chi connectivity index (χ1v) is 12.3. The van der Waals surface area contributed by atoms with Gasteiger partial charge in [-0.2, -0.15) is 10.4 Å². The Labute approximate surface area is 219 Å². The molecule has 0 aromatic carbocycles. The van der Waals surface area contributed by atoms with Crippen molar-refractivity contribution in [2.75, 3.05) is 31.7 Å². The second-order valence-electron chi connectivity index (χ2n) is 9.54. The van der Waals surface area contributed by atoms with Crippen LogP contribution >= 0.6 is 0 Å². The van der Waals surface area contributed by atoms with Gasteiger partial charge in [0, 0.05) is 61.3 Å². The third-order valence-corrected chi connectivity index (χ3v) is 7.19. The van der Waals surface area contributed by atoms with Gasteiger partial charge in [-0.25, -0.2) is 14.5 Å². The largest absolute Gasteiger partial charge is 0.482 e. The minimum Gasteiger partial charge on any atom is -0.482 e. The highest BCUT2D eigenvalue weighted by Crippen LogP contribution is 2.36. The molecule has 2 bridgehead atoms. The quantitative estimate of drug-likeness (QED) is 0.378. The Kier molecular flexibility index (Phi) is 6.01. The standard InChI is InChI=1S/C27H26N8O3/c1-37-26-5-2-17(9-31-26)12-34-20-6-21(34)14-33(13-20)25-4-3-18(10-30-25)23-7-22(38-16-24(29)36)15-35-27(23)19(8-28)11-32-35/h2-5,7,9-11,15,20-21H,6,12-14,16H2,1H3,(H2,29,36). The molecule has 4 aromatic heterocycles. The summed E-state index contributed by atoms with van der Waals surface area (Å²) in [5.41, 5.74) is 9.05. The lowest BCUT2D eigenvalue weighted by Gasteiger charge is -2.56. The molecule has 0 saturated carbocycles. The highest BCUT2D eigenvalue weighted by atomic mass is 16.5. The molecule has 38 heavy (non-hydrogen) atoms. The van der Waals surface area contributed by atoms with Crippen molar-refractivity contribution in [3.63, 3.8) is 0 Å². The molecule has 192 valence electrons. The fourth-order valence-electron chi connectivity index (χ4n) is 5.33. The number of aromatic nitrogens is 4. The maximum Gasteiger partial charge on any atom is 0.255 e. The van der Waals surface area contributed by atoms with Crippen LogP contribution in [0.5, 0.6) is 11.6 Å². The van der Waals surface area contributed by atoms with Gasteiger partial charge in [-0.05, 0) is 30.2 Å². The number of rotatable bonds is 8. The molecule has 0 spiro atoms. The molecular formula is C27H26N8O3. The zero-order valence-electron chi connectivity index (χ0n) is 20.8. The minimum atomic E-state index is -0.574. The summed E-state index contributed by atoms with van der Waals surface area (Å²) in [4.78, 5) is 25.2. The van der Waals surface area contributed by atoms with Gasteiger partial charge in [-0.3, -0.25) is 9.69 Å². The number of ether oxygens (including phenoxy) is 2. The molecule has 7 rings (SSSR count). The van der Waals surface area contributed by atoms with Gasteiger partial charge < -0.3 is 20.1 Å². The van der Waals surface area contributed by atoms with Crippen LogP contribution in [0.3, 0.4) is 0 Å². The van der Waals surface area contributed by atoms with E-state index in [1.54, 1.807) is 30.1 Å². The number of piperidine rings is 1. The number of piperazine rings is 1. The van der Waals surface area contributed by atoms with Crippen LogP contribution in [-0.4, -0.2) is 69.3 Å². The van der Waals surface area contributed by atoms with Gasteiger partial charge in [0.1, 0.15) is 17.6 Å². The summed E-state index contributed by atoms with van der Waals surface area (Å²) in [7, 11) is 1.62. The van der Waals surface area contributed by atoms with Gasteiger partial charge in [-0.1, -0.05) is 6.07 Å². The third kappa shape index (κ3) is 4.35. The van der Waals surface area contributed by atoms with Gasteiger partial charge in [0.2, 0.25) is 5.88 Å². The number of nitrogens with two attached hydrogens (primary N) is 1. The molecule has 2 unspecified atom stereocenters. The van der Waals surface area contributed by atoms with Gasteiger partial charge in [0.15, 0.2) is 6.61 Å². The molecule has 3 saturated heterocycles. The number of carbonyl (C=O) groups is 1. The number of nitriles is 1. The molecule has 3 aliphatic heterocycles. The molecule has 0 aliphatic carbocycles. The van der Waals surface area contributed by atoms with E-state index in [4.69, 9.17) is 20.2 Å². The maximum atomic E-state index is 11.2. The van der Waals surface area contributed by atoms with Crippen LogP contribution in [0, 0.1) is 11.3 Å². The van der Waals surface area contributed by atoms with E-state index in [1.807, 2.05) is 24.4 Å². The number of carbonyl (C=O) groups excluding carboxylic acids is 1. The van der Waals surface area contributed by atoms with E-state index >= 15 is 0 Å². The number of hydrogen-bond acceptors (Lipinski definition) is 9. The number of anilines is 1. The molecule has 2 atom stereocenters. The lowest BCUT2D eigenvalue weighted by Crippen LogP contribution is -2.68. The molecule has 4 aromatic rings. The molecule has 11 heteroatoms. The van der Waals surface area contributed by atoms with Crippen molar-refractivity contribution in [1.82, 2.24) is 24.5 Å². The van der Waals surface area contributed by atoms with Crippen LogP contribution in [0.1, 0.15) is 17.5 Å². The Morgan fingerprint density at radius 2 is 2.00 bits per heavy atom. The molecule has 3 aliphatic rings. The Hall–Kier alpha value is -4.69.